The van der Waals surface area contributed by atoms with Crippen LogP contribution in [0.15, 0.2) is 24.3 Å². The molecule has 0 saturated heterocycles. The zero-order valence-corrected chi connectivity index (χ0v) is 11.9. The number of nitrogens with two attached hydrogens (primary N) is 1. The van der Waals surface area contributed by atoms with Crippen molar-refractivity contribution >= 4 is 0 Å². The lowest BCUT2D eigenvalue weighted by Crippen LogP contribution is -2.53. The molecule has 1 rings (SSSR count). The molecule has 0 heterocycles. The first kappa shape index (κ1) is 15.1. The van der Waals surface area contributed by atoms with E-state index >= 15 is 0 Å². The van der Waals surface area contributed by atoms with Gasteiger partial charge in [-0.1, -0.05) is 32.4 Å². The monoisotopic (exact) mass is 252 g/mol. The molecule has 1 aromatic carbocycles. The van der Waals surface area contributed by atoms with E-state index in [1.807, 2.05) is 12.1 Å². The van der Waals surface area contributed by atoms with Crippen LogP contribution in [0, 0.1) is 5.82 Å². The highest BCUT2D eigenvalue weighted by molar-refractivity contribution is 5.26. The first-order chi connectivity index (χ1) is 8.45. The first-order valence-electron chi connectivity index (χ1n) is 6.67. The van der Waals surface area contributed by atoms with Gasteiger partial charge in [-0.15, -0.1) is 0 Å². The van der Waals surface area contributed by atoms with Crippen molar-refractivity contribution in [1.29, 1.82) is 0 Å². The molecule has 2 nitrogen and oxygen atoms in total. The molecule has 102 valence electrons. The van der Waals surface area contributed by atoms with Crippen LogP contribution in [-0.4, -0.2) is 25.0 Å². The molecule has 0 aliphatic heterocycles. The lowest BCUT2D eigenvalue weighted by Gasteiger charge is -2.41. The van der Waals surface area contributed by atoms with Gasteiger partial charge in [0.1, 0.15) is 5.82 Å². The van der Waals surface area contributed by atoms with E-state index in [-0.39, 0.29) is 11.9 Å². The Balaban J connectivity index is 3.12. The summed E-state index contributed by atoms with van der Waals surface area (Å²) in [5.74, 6) is -0.214. The topological polar surface area (TPSA) is 29.3 Å². The second kappa shape index (κ2) is 6.30. The number of nitrogens with zero attached hydrogens (tertiary/aromatic N) is 1. The van der Waals surface area contributed by atoms with E-state index in [9.17, 15) is 4.39 Å². The summed E-state index contributed by atoms with van der Waals surface area (Å²) >= 11 is 0. The van der Waals surface area contributed by atoms with Gasteiger partial charge in [0.05, 0.1) is 5.54 Å². The van der Waals surface area contributed by atoms with E-state index in [0.29, 0.717) is 0 Å². The summed E-state index contributed by atoms with van der Waals surface area (Å²) in [5.41, 5.74) is 7.22. The van der Waals surface area contributed by atoms with E-state index in [1.165, 1.54) is 12.1 Å². The summed E-state index contributed by atoms with van der Waals surface area (Å²) in [4.78, 5) is 2.18. The Morgan fingerprint density at radius 2 is 1.78 bits per heavy atom. The molecular weight excluding hydrogens is 227 g/mol. The summed E-state index contributed by atoms with van der Waals surface area (Å²) in [6, 6.07) is 6.87. The van der Waals surface area contributed by atoms with Gasteiger partial charge in [-0.3, -0.25) is 0 Å². The van der Waals surface area contributed by atoms with Crippen LogP contribution in [0.4, 0.5) is 4.39 Å². The Labute approximate surface area is 110 Å². The molecule has 0 bridgehead atoms. The van der Waals surface area contributed by atoms with Gasteiger partial charge in [0.2, 0.25) is 0 Å². The number of rotatable bonds is 6. The molecule has 0 amide bonds. The average Bonchev–Trinajstić information content (AvgIpc) is 2.35. The molecule has 2 unspecified atom stereocenters. The highest BCUT2D eigenvalue weighted by Gasteiger charge is 2.35. The van der Waals surface area contributed by atoms with Crippen LogP contribution in [0.3, 0.4) is 0 Å². The fraction of sp³-hybridized carbons (Fsp3) is 0.600. The van der Waals surface area contributed by atoms with Gasteiger partial charge < -0.3 is 10.6 Å². The number of likely N-dealkylation sites (N-methyl/N-ethyl adjacent to an activating group) is 1. The molecule has 1 aromatic rings. The number of benzene rings is 1. The Bertz CT molecular complexity index is 361. The number of hydrogen-bond donors (Lipinski definition) is 1. The summed E-state index contributed by atoms with van der Waals surface area (Å²) in [6.45, 7) is 4.26. The first-order valence-corrected chi connectivity index (χ1v) is 6.67. The van der Waals surface area contributed by atoms with E-state index in [0.717, 1.165) is 24.8 Å². The molecule has 0 saturated carbocycles. The summed E-state index contributed by atoms with van der Waals surface area (Å²) in [6.07, 6.45) is 2.96. The summed E-state index contributed by atoms with van der Waals surface area (Å²) in [5, 5.41) is 0. The quantitative estimate of drug-likeness (QED) is 0.843. The summed E-state index contributed by atoms with van der Waals surface area (Å²) in [7, 11) is 4.11. The van der Waals surface area contributed by atoms with Crippen molar-refractivity contribution in [3.63, 3.8) is 0 Å². The molecule has 0 fully saturated rings. The maximum absolute atomic E-state index is 13.0. The third kappa shape index (κ3) is 3.09. The van der Waals surface area contributed by atoms with Gasteiger partial charge in [-0.2, -0.15) is 0 Å². The minimum atomic E-state index is -0.423. The Hall–Kier alpha value is -0.930. The van der Waals surface area contributed by atoms with Crippen molar-refractivity contribution in [3.05, 3.63) is 35.6 Å². The Kier molecular flexibility index (Phi) is 5.29. The van der Waals surface area contributed by atoms with E-state index < -0.39 is 5.54 Å². The lowest BCUT2D eigenvalue weighted by molar-refractivity contribution is 0.159. The number of halogens is 1. The van der Waals surface area contributed by atoms with Crippen molar-refractivity contribution in [2.24, 2.45) is 5.73 Å². The lowest BCUT2D eigenvalue weighted by atomic mass is 9.79. The predicted molar refractivity (Wildman–Crippen MR) is 74.9 cm³/mol. The Morgan fingerprint density at radius 1 is 1.22 bits per heavy atom. The molecule has 2 N–H and O–H groups in total. The van der Waals surface area contributed by atoms with Crippen molar-refractivity contribution in [3.8, 4) is 0 Å². The van der Waals surface area contributed by atoms with Crippen LogP contribution >= 0.6 is 0 Å². The third-order valence-electron chi connectivity index (χ3n) is 3.75. The second-order valence-electron chi connectivity index (χ2n) is 5.17. The predicted octanol–water partition coefficient (Wildman–Crippen LogP) is 3.12. The SMILES string of the molecule is CCCC(N(C)C)C(N)(CC)c1ccc(F)cc1. The fourth-order valence-electron chi connectivity index (χ4n) is 2.64. The van der Waals surface area contributed by atoms with Crippen molar-refractivity contribution in [1.82, 2.24) is 4.90 Å². The minimum Gasteiger partial charge on any atom is -0.320 e. The zero-order chi connectivity index (χ0) is 13.8. The third-order valence-corrected chi connectivity index (χ3v) is 3.75. The maximum atomic E-state index is 13.0. The van der Waals surface area contributed by atoms with Crippen LogP contribution in [0.5, 0.6) is 0 Å². The van der Waals surface area contributed by atoms with Crippen molar-refractivity contribution < 1.29 is 4.39 Å². The molecule has 0 aromatic heterocycles. The average molecular weight is 252 g/mol. The molecular formula is C15H25FN2. The van der Waals surface area contributed by atoms with Crippen molar-refractivity contribution in [2.75, 3.05) is 14.1 Å². The maximum Gasteiger partial charge on any atom is 0.123 e. The second-order valence-corrected chi connectivity index (χ2v) is 5.17. The van der Waals surface area contributed by atoms with Crippen molar-refractivity contribution in [2.45, 2.75) is 44.7 Å². The van der Waals surface area contributed by atoms with Gasteiger partial charge in [0.15, 0.2) is 0 Å². The van der Waals surface area contributed by atoms with Gasteiger partial charge in [-0.05, 0) is 44.6 Å². The molecule has 0 radical (unpaired) electrons. The van der Waals surface area contributed by atoms with Crippen LogP contribution in [0.25, 0.3) is 0 Å². The highest BCUT2D eigenvalue weighted by atomic mass is 19.1. The Morgan fingerprint density at radius 3 is 2.17 bits per heavy atom. The molecule has 0 aliphatic rings. The standard InChI is InChI=1S/C15H25FN2/c1-5-7-14(18(3)4)15(17,6-2)12-8-10-13(16)11-9-12/h8-11,14H,5-7,17H2,1-4H3. The summed E-state index contributed by atoms with van der Waals surface area (Å²) < 4.78 is 13.0. The van der Waals surface area contributed by atoms with E-state index in [1.54, 1.807) is 0 Å². The molecule has 2 atom stereocenters. The van der Waals surface area contributed by atoms with Crippen LogP contribution in [0.2, 0.25) is 0 Å². The van der Waals surface area contributed by atoms with Crippen LogP contribution in [-0.2, 0) is 5.54 Å². The fourth-order valence-corrected chi connectivity index (χ4v) is 2.64. The van der Waals surface area contributed by atoms with Gasteiger partial charge >= 0.3 is 0 Å². The molecule has 0 spiro atoms. The minimum absolute atomic E-state index is 0.214. The largest absolute Gasteiger partial charge is 0.320 e. The van der Waals surface area contributed by atoms with Gasteiger partial charge in [0, 0.05) is 6.04 Å². The normalized spacial score (nSPS) is 16.6. The van der Waals surface area contributed by atoms with Crippen LogP contribution < -0.4 is 5.73 Å². The molecule has 3 heteroatoms. The molecule has 0 aliphatic carbocycles. The smallest absolute Gasteiger partial charge is 0.123 e. The van der Waals surface area contributed by atoms with Crippen LogP contribution in [0.1, 0.15) is 38.7 Å². The number of hydrogen-bond acceptors (Lipinski definition) is 2. The zero-order valence-electron chi connectivity index (χ0n) is 11.9. The van der Waals surface area contributed by atoms with E-state index in [4.69, 9.17) is 5.73 Å². The molecule has 18 heavy (non-hydrogen) atoms. The highest BCUT2D eigenvalue weighted by Crippen LogP contribution is 2.31. The van der Waals surface area contributed by atoms with E-state index in [2.05, 4.69) is 32.8 Å². The van der Waals surface area contributed by atoms with Gasteiger partial charge in [0.25, 0.3) is 0 Å². The van der Waals surface area contributed by atoms with Gasteiger partial charge in [-0.25, -0.2) is 4.39 Å².